The second kappa shape index (κ2) is 14.9. The molecule has 0 fully saturated rings. The summed E-state index contributed by atoms with van der Waals surface area (Å²) in [4.78, 5) is 69.5. The van der Waals surface area contributed by atoms with E-state index < -0.39 is 45.6 Å². The third-order valence-corrected chi connectivity index (χ3v) is 2.08. The molecule has 1 radical (unpaired) electrons. The summed E-state index contributed by atoms with van der Waals surface area (Å²) in [7, 11) is 0. The van der Waals surface area contributed by atoms with Gasteiger partial charge in [-0.2, -0.15) is 0 Å². The zero-order valence-electron chi connectivity index (χ0n) is 12.9. The van der Waals surface area contributed by atoms with Gasteiger partial charge in [-0.15, -0.1) is 0 Å². The maximum Gasteiger partial charge on any atom is 2.00 e. The number of aromatic carboxylic acids is 2. The van der Waals surface area contributed by atoms with Gasteiger partial charge in [0.05, 0.1) is 23.1 Å². The van der Waals surface area contributed by atoms with Crippen LogP contribution in [-0.4, -0.2) is 42.8 Å². The summed E-state index contributed by atoms with van der Waals surface area (Å²) < 4.78 is 0. The molecule has 0 aliphatic rings. The molecule has 0 saturated heterocycles. The summed E-state index contributed by atoms with van der Waals surface area (Å²) in [6.07, 6.45) is 1.58. The Bertz CT molecular complexity index is 865. The SMILES string of the molecule is O.O.O=C([O-])c1c[nH]c(=O)[nH]c1=O.O=C([O-])c1c[nH]c(=O)[nH]c1=O.[Co+2].[OH3+].[OH3+]. The van der Waals surface area contributed by atoms with E-state index in [4.69, 9.17) is 0 Å². The third-order valence-electron chi connectivity index (χ3n) is 2.08. The van der Waals surface area contributed by atoms with Gasteiger partial charge in [0.2, 0.25) is 0 Å². The van der Waals surface area contributed by atoms with E-state index >= 15 is 0 Å². The first-order chi connectivity index (χ1) is 10.2. The van der Waals surface area contributed by atoms with Crippen molar-refractivity contribution in [2.24, 2.45) is 0 Å². The van der Waals surface area contributed by atoms with E-state index in [1.54, 1.807) is 9.97 Å². The van der Waals surface area contributed by atoms with Crippen molar-refractivity contribution in [1.29, 1.82) is 0 Å². The smallest absolute Gasteiger partial charge is 0.545 e. The Hall–Kier alpha value is -3.35. The Balaban J connectivity index is -0.000000101. The second-order valence-corrected chi connectivity index (χ2v) is 3.55. The minimum atomic E-state index is -1.62. The maximum atomic E-state index is 10.6. The molecule has 2 aromatic rings. The average molecular weight is 443 g/mol. The van der Waals surface area contributed by atoms with Crippen molar-refractivity contribution < 1.29 is 58.5 Å². The molecule has 14 N–H and O–H groups in total. The molecule has 0 atom stereocenters. The molecule has 0 unspecified atom stereocenters. The van der Waals surface area contributed by atoms with E-state index in [-0.39, 0.29) is 38.7 Å². The fraction of sp³-hybridized carbons (Fsp3) is 0. The Kier molecular flexibility index (Phi) is 19.3. The first kappa shape index (κ1) is 34.9. The van der Waals surface area contributed by atoms with Gasteiger partial charge >= 0.3 is 28.2 Å². The van der Waals surface area contributed by atoms with Crippen molar-refractivity contribution in [3.05, 3.63) is 65.2 Å². The Labute approximate surface area is 156 Å². The van der Waals surface area contributed by atoms with Gasteiger partial charge in [0.15, 0.2) is 0 Å². The van der Waals surface area contributed by atoms with Crippen molar-refractivity contribution in [2.75, 3.05) is 0 Å². The molecule has 0 aliphatic carbocycles. The fourth-order valence-electron chi connectivity index (χ4n) is 1.12. The van der Waals surface area contributed by atoms with E-state index in [1.807, 2.05) is 9.97 Å². The van der Waals surface area contributed by atoms with Crippen LogP contribution in [0.2, 0.25) is 0 Å². The molecule has 2 rings (SSSR count). The van der Waals surface area contributed by atoms with Gasteiger partial charge in [0, 0.05) is 12.4 Å². The van der Waals surface area contributed by atoms with Crippen LogP contribution in [0.1, 0.15) is 20.7 Å². The largest absolute Gasteiger partial charge is 2.00 e. The molecule has 0 saturated carbocycles. The molecule has 17 heteroatoms. The van der Waals surface area contributed by atoms with Gasteiger partial charge in [-0.25, -0.2) is 9.59 Å². The number of carboxylic acids is 2. The third kappa shape index (κ3) is 10.3. The Morgan fingerprint density at radius 1 is 0.704 bits per heavy atom. The minimum Gasteiger partial charge on any atom is -0.545 e. The number of H-pyrrole nitrogens is 4. The molecule has 0 amide bonds. The summed E-state index contributed by atoms with van der Waals surface area (Å²) in [6, 6.07) is 0. The van der Waals surface area contributed by atoms with Gasteiger partial charge in [-0.05, 0) is 0 Å². The van der Waals surface area contributed by atoms with Crippen LogP contribution in [0, 0.1) is 0 Å². The predicted octanol–water partition coefficient (Wildman–Crippen LogP) is -8.64. The van der Waals surface area contributed by atoms with Crippen molar-refractivity contribution in [2.45, 2.75) is 0 Å². The first-order valence-corrected chi connectivity index (χ1v) is 5.29. The maximum absolute atomic E-state index is 10.6. The Morgan fingerprint density at radius 3 is 1.15 bits per heavy atom. The quantitative estimate of drug-likeness (QED) is 0.322. The normalized spacial score (nSPS) is 7.70. The number of carbonyl (C=O) groups is 2. The van der Waals surface area contributed by atoms with E-state index in [0.717, 1.165) is 12.4 Å². The number of nitrogens with one attached hydrogen (secondary N) is 4. The number of hydrogen-bond donors (Lipinski definition) is 4. The van der Waals surface area contributed by atoms with Gasteiger partial charge in [0.25, 0.3) is 11.1 Å². The second-order valence-electron chi connectivity index (χ2n) is 3.55. The molecule has 2 aromatic heterocycles. The molecular formula is C10H16CoN4O12+2. The zero-order chi connectivity index (χ0) is 16.9. The molecular weight excluding hydrogens is 427 g/mol. The molecule has 2 heterocycles. The van der Waals surface area contributed by atoms with E-state index in [1.165, 1.54) is 0 Å². The standard InChI is InChI=1S/2C5H4N2O4.Co.4H2O/c2*8-3-2(4(9)10)1-6-5(11)7-3;;;;;/h2*1H,(H,9,10)(H2,6,7,8,11);;4*1H2/q;;+2;;;;. The molecule has 0 bridgehead atoms. The summed E-state index contributed by atoms with van der Waals surface area (Å²) in [5.74, 6) is -3.25. The number of aromatic amines is 4. The van der Waals surface area contributed by atoms with E-state index in [2.05, 4.69) is 0 Å². The molecule has 0 aliphatic heterocycles. The summed E-state index contributed by atoms with van der Waals surface area (Å²) in [5, 5.41) is 20.2. The molecule has 0 aromatic carbocycles. The first-order valence-electron chi connectivity index (χ1n) is 5.29. The van der Waals surface area contributed by atoms with Crippen LogP contribution in [0.15, 0.2) is 31.6 Å². The van der Waals surface area contributed by atoms with Gasteiger partial charge in [-0.1, -0.05) is 0 Å². The van der Waals surface area contributed by atoms with E-state index in [9.17, 15) is 39.0 Å². The van der Waals surface area contributed by atoms with Gasteiger partial charge in [0.1, 0.15) is 0 Å². The minimum absolute atomic E-state index is 0. The van der Waals surface area contributed by atoms with Crippen LogP contribution >= 0.6 is 0 Å². The molecule has 155 valence electrons. The van der Waals surface area contributed by atoms with Crippen molar-refractivity contribution >= 4 is 11.9 Å². The summed E-state index contributed by atoms with van der Waals surface area (Å²) in [6.45, 7) is 0. The van der Waals surface area contributed by atoms with Gasteiger partial charge < -0.3 is 51.7 Å². The monoisotopic (exact) mass is 443 g/mol. The van der Waals surface area contributed by atoms with Crippen LogP contribution in [0.25, 0.3) is 0 Å². The summed E-state index contributed by atoms with van der Waals surface area (Å²) >= 11 is 0. The van der Waals surface area contributed by atoms with Crippen LogP contribution in [0.4, 0.5) is 0 Å². The summed E-state index contributed by atoms with van der Waals surface area (Å²) in [5.41, 5.74) is -4.61. The number of aromatic nitrogens is 4. The number of carbonyl (C=O) groups excluding carboxylic acids is 2. The number of carboxylic acid groups (broad SMARTS) is 2. The van der Waals surface area contributed by atoms with Crippen LogP contribution in [0.5, 0.6) is 0 Å². The van der Waals surface area contributed by atoms with Crippen molar-refractivity contribution in [3.63, 3.8) is 0 Å². The zero-order valence-corrected chi connectivity index (χ0v) is 13.9. The van der Waals surface area contributed by atoms with Gasteiger partial charge in [-0.3, -0.25) is 19.6 Å². The molecule has 27 heavy (non-hydrogen) atoms. The van der Waals surface area contributed by atoms with Crippen molar-refractivity contribution in [3.8, 4) is 0 Å². The number of hydrogen-bond acceptors (Lipinski definition) is 8. The van der Waals surface area contributed by atoms with Crippen LogP contribution in [0.3, 0.4) is 0 Å². The number of rotatable bonds is 2. The topological polar surface area (TPSA) is 341 Å². The molecule has 16 nitrogen and oxygen atoms in total. The van der Waals surface area contributed by atoms with Crippen molar-refractivity contribution in [1.82, 2.24) is 19.9 Å². The average Bonchev–Trinajstić information content (AvgIpc) is 2.38. The van der Waals surface area contributed by atoms with Crippen LogP contribution < -0.4 is 32.7 Å². The Morgan fingerprint density at radius 2 is 0.963 bits per heavy atom. The fourth-order valence-corrected chi connectivity index (χ4v) is 1.12. The molecule has 0 spiro atoms. The van der Waals surface area contributed by atoms with Crippen LogP contribution in [-0.2, 0) is 27.7 Å². The predicted molar refractivity (Wildman–Crippen MR) is 81.0 cm³/mol. The van der Waals surface area contributed by atoms with E-state index in [0.29, 0.717) is 0 Å².